The van der Waals surface area contributed by atoms with Crippen LogP contribution in [0.3, 0.4) is 0 Å². The first-order valence-electron chi connectivity index (χ1n) is 8.30. The van der Waals surface area contributed by atoms with E-state index in [-0.39, 0.29) is 11.8 Å². The summed E-state index contributed by atoms with van der Waals surface area (Å²) in [6.45, 7) is -0.0949. The van der Waals surface area contributed by atoms with Crippen molar-refractivity contribution >= 4 is 9.84 Å². The average molecular weight is 383 g/mol. The fourth-order valence-corrected chi connectivity index (χ4v) is 3.10. The number of benzene rings is 2. The van der Waals surface area contributed by atoms with Gasteiger partial charge >= 0.3 is 6.61 Å². The molecule has 2 aromatic carbocycles. The summed E-state index contributed by atoms with van der Waals surface area (Å²) < 4.78 is 51.5. The first-order valence-corrected chi connectivity index (χ1v) is 10.2. The zero-order valence-corrected chi connectivity index (χ0v) is 15.6. The molecule has 4 nitrogen and oxygen atoms in total. The summed E-state index contributed by atoms with van der Waals surface area (Å²) in [5.41, 5.74) is 2.07. The Balaban J connectivity index is 1.77. The summed E-state index contributed by atoms with van der Waals surface area (Å²) in [7, 11) is -3.17. The van der Waals surface area contributed by atoms with Crippen molar-refractivity contribution in [3.63, 3.8) is 0 Å². The summed E-state index contributed by atoms with van der Waals surface area (Å²) >= 11 is 0. The Bertz CT molecular complexity index is 791. The molecule has 0 aliphatic heterocycles. The Kier molecular flexibility index (Phi) is 7.11. The molecule has 1 atom stereocenters. The van der Waals surface area contributed by atoms with Gasteiger partial charge in [0, 0.05) is 18.8 Å². The van der Waals surface area contributed by atoms with E-state index in [0.29, 0.717) is 11.4 Å². The van der Waals surface area contributed by atoms with Crippen LogP contribution in [0, 0.1) is 0 Å². The van der Waals surface area contributed by atoms with Crippen LogP contribution in [0.25, 0.3) is 0 Å². The number of aryl methyl sites for hydroxylation is 1. The van der Waals surface area contributed by atoms with Gasteiger partial charge in [-0.3, -0.25) is 0 Å². The highest BCUT2D eigenvalue weighted by atomic mass is 32.2. The lowest BCUT2D eigenvalue weighted by atomic mass is 10.1. The lowest BCUT2D eigenvalue weighted by molar-refractivity contribution is -0.0498. The van der Waals surface area contributed by atoms with Crippen LogP contribution in [0.4, 0.5) is 8.78 Å². The molecule has 0 fully saturated rings. The number of hydrogen-bond donors (Lipinski definition) is 1. The van der Waals surface area contributed by atoms with Crippen LogP contribution >= 0.6 is 0 Å². The van der Waals surface area contributed by atoms with Gasteiger partial charge in [0.25, 0.3) is 0 Å². The van der Waals surface area contributed by atoms with Gasteiger partial charge in [-0.1, -0.05) is 24.3 Å². The summed E-state index contributed by atoms with van der Waals surface area (Å²) in [5.74, 6) is 0.160. The van der Waals surface area contributed by atoms with E-state index in [0.717, 1.165) is 24.0 Å². The van der Waals surface area contributed by atoms with Crippen molar-refractivity contribution in [3.05, 3.63) is 59.7 Å². The molecule has 26 heavy (non-hydrogen) atoms. The highest BCUT2D eigenvalue weighted by Gasteiger charge is 2.08. The average Bonchev–Trinajstić information content (AvgIpc) is 2.58. The van der Waals surface area contributed by atoms with Crippen LogP contribution in [0.5, 0.6) is 5.75 Å². The monoisotopic (exact) mass is 383 g/mol. The number of rotatable bonds is 9. The minimum Gasteiger partial charge on any atom is -0.435 e. The Morgan fingerprint density at radius 1 is 1.00 bits per heavy atom. The van der Waals surface area contributed by atoms with Gasteiger partial charge in [0.05, 0.1) is 4.90 Å². The van der Waals surface area contributed by atoms with E-state index < -0.39 is 16.4 Å². The standard InChI is InChI=1S/C19H23F2NO3S/c1-14(3-4-15-5-9-17(10-6-15)25-19(20)21)22-13-16-7-11-18(12-8-16)26(2,23)24/h5-12,14,19,22H,3-4,13H2,1-2H3. The van der Waals surface area contributed by atoms with Gasteiger partial charge in [-0.2, -0.15) is 8.78 Å². The normalized spacial score (nSPS) is 13.0. The van der Waals surface area contributed by atoms with E-state index in [2.05, 4.69) is 17.0 Å². The minimum atomic E-state index is -3.17. The van der Waals surface area contributed by atoms with Gasteiger partial charge in [-0.25, -0.2) is 8.42 Å². The van der Waals surface area contributed by atoms with E-state index in [1.54, 1.807) is 48.5 Å². The Morgan fingerprint density at radius 3 is 2.12 bits per heavy atom. The van der Waals surface area contributed by atoms with Gasteiger partial charge in [-0.05, 0) is 55.2 Å². The first-order chi connectivity index (χ1) is 12.2. The van der Waals surface area contributed by atoms with Crippen molar-refractivity contribution in [2.45, 2.75) is 43.9 Å². The van der Waals surface area contributed by atoms with Crippen LogP contribution in [-0.4, -0.2) is 27.3 Å². The maximum Gasteiger partial charge on any atom is 0.387 e. The molecule has 1 N–H and O–H groups in total. The molecule has 2 aromatic rings. The van der Waals surface area contributed by atoms with Crippen LogP contribution in [0.2, 0.25) is 0 Å². The van der Waals surface area contributed by atoms with Gasteiger partial charge in [-0.15, -0.1) is 0 Å². The highest BCUT2D eigenvalue weighted by Crippen LogP contribution is 2.16. The third-order valence-corrected chi connectivity index (χ3v) is 5.15. The second-order valence-electron chi connectivity index (χ2n) is 6.26. The molecule has 0 heterocycles. The van der Waals surface area contributed by atoms with Crippen LogP contribution in [0.15, 0.2) is 53.4 Å². The topological polar surface area (TPSA) is 55.4 Å². The van der Waals surface area contributed by atoms with Crippen molar-refractivity contribution < 1.29 is 21.9 Å². The summed E-state index contributed by atoms with van der Waals surface area (Å²) in [6, 6.07) is 13.7. The third-order valence-electron chi connectivity index (χ3n) is 4.02. The summed E-state index contributed by atoms with van der Waals surface area (Å²) in [6.07, 6.45) is 2.89. The Hall–Kier alpha value is -1.99. The highest BCUT2D eigenvalue weighted by molar-refractivity contribution is 7.90. The molecule has 0 radical (unpaired) electrons. The third kappa shape index (κ3) is 6.72. The van der Waals surface area contributed by atoms with E-state index >= 15 is 0 Å². The van der Waals surface area contributed by atoms with E-state index in [9.17, 15) is 17.2 Å². The lowest BCUT2D eigenvalue weighted by Gasteiger charge is -2.14. The van der Waals surface area contributed by atoms with Crippen molar-refractivity contribution in [1.82, 2.24) is 5.32 Å². The number of hydrogen-bond acceptors (Lipinski definition) is 4. The molecule has 2 rings (SSSR count). The SMILES string of the molecule is CC(CCc1ccc(OC(F)F)cc1)NCc1ccc(S(C)(=O)=O)cc1. The predicted molar refractivity (Wildman–Crippen MR) is 97.2 cm³/mol. The van der Waals surface area contributed by atoms with Crippen molar-refractivity contribution in [2.24, 2.45) is 0 Å². The molecular formula is C19H23F2NO3S. The Morgan fingerprint density at radius 2 is 1.58 bits per heavy atom. The maximum absolute atomic E-state index is 12.1. The number of alkyl halides is 2. The summed E-state index contributed by atoms with van der Waals surface area (Å²) in [5, 5.41) is 3.39. The smallest absolute Gasteiger partial charge is 0.387 e. The first kappa shape index (κ1) is 20.3. The van der Waals surface area contributed by atoms with Crippen LogP contribution in [0.1, 0.15) is 24.5 Å². The lowest BCUT2D eigenvalue weighted by Crippen LogP contribution is -2.25. The van der Waals surface area contributed by atoms with Crippen LogP contribution in [-0.2, 0) is 22.8 Å². The molecule has 142 valence electrons. The second-order valence-corrected chi connectivity index (χ2v) is 8.27. The molecule has 1 unspecified atom stereocenters. The van der Waals surface area contributed by atoms with Crippen molar-refractivity contribution in [3.8, 4) is 5.75 Å². The number of halogens is 2. The van der Waals surface area contributed by atoms with Crippen molar-refractivity contribution in [2.75, 3.05) is 6.26 Å². The van der Waals surface area contributed by atoms with E-state index in [1.165, 1.54) is 6.26 Å². The zero-order chi connectivity index (χ0) is 19.2. The molecule has 0 saturated carbocycles. The zero-order valence-electron chi connectivity index (χ0n) is 14.8. The van der Waals surface area contributed by atoms with Crippen LogP contribution < -0.4 is 10.1 Å². The molecule has 0 bridgehead atoms. The fraction of sp³-hybridized carbons (Fsp3) is 0.368. The van der Waals surface area contributed by atoms with Crippen molar-refractivity contribution in [1.29, 1.82) is 0 Å². The van der Waals surface area contributed by atoms with Gasteiger partial charge in [0.2, 0.25) is 0 Å². The quantitative estimate of drug-likeness (QED) is 0.716. The van der Waals surface area contributed by atoms with Gasteiger partial charge < -0.3 is 10.1 Å². The summed E-state index contributed by atoms with van der Waals surface area (Å²) in [4.78, 5) is 0.313. The maximum atomic E-state index is 12.1. The largest absolute Gasteiger partial charge is 0.435 e. The second kappa shape index (κ2) is 9.09. The minimum absolute atomic E-state index is 0.160. The van der Waals surface area contributed by atoms with Gasteiger partial charge in [0.15, 0.2) is 9.84 Å². The molecule has 0 spiro atoms. The molecule has 0 aromatic heterocycles. The number of ether oxygens (including phenoxy) is 1. The van der Waals surface area contributed by atoms with Gasteiger partial charge in [0.1, 0.15) is 5.75 Å². The molecule has 0 aliphatic carbocycles. The molecule has 0 aliphatic rings. The molecule has 7 heteroatoms. The predicted octanol–water partition coefficient (Wildman–Crippen LogP) is 3.80. The fourth-order valence-electron chi connectivity index (χ4n) is 2.47. The molecule has 0 amide bonds. The molecular weight excluding hydrogens is 360 g/mol. The van der Waals surface area contributed by atoms with E-state index in [1.807, 2.05) is 0 Å². The molecule has 0 saturated heterocycles. The number of sulfone groups is 1. The van der Waals surface area contributed by atoms with E-state index in [4.69, 9.17) is 0 Å². The Labute approximate surface area is 153 Å². The number of nitrogens with one attached hydrogen (secondary N) is 1.